The van der Waals surface area contributed by atoms with Crippen LogP contribution in [-0.2, 0) is 63.7 Å². The second-order valence-corrected chi connectivity index (χ2v) is 24.4. The molecule has 6 amide bonds. The summed E-state index contributed by atoms with van der Waals surface area (Å²) in [7, 11) is 0. The maximum atomic E-state index is 15.1. The molecule has 0 spiro atoms. The Morgan fingerprint density at radius 2 is 1.21 bits per heavy atom. The molecule has 0 aliphatic carbocycles. The van der Waals surface area contributed by atoms with Crippen molar-refractivity contribution in [3.05, 3.63) is 65.7 Å². The summed E-state index contributed by atoms with van der Waals surface area (Å²) in [6.07, 6.45) is -27.2. The van der Waals surface area contributed by atoms with Gasteiger partial charge in [0.2, 0.25) is 41.7 Å². The number of hydrogen-bond donors (Lipinski definition) is 20. The third-order valence-corrected chi connectivity index (χ3v) is 17.1. The van der Waals surface area contributed by atoms with Crippen molar-refractivity contribution in [2.24, 2.45) is 27.4 Å². The zero-order valence-electron chi connectivity index (χ0n) is 52.1. The number of aliphatic hydroxyl groups is 11. The first kappa shape index (κ1) is 73.3. The summed E-state index contributed by atoms with van der Waals surface area (Å²) < 4.78 is 34.3. The van der Waals surface area contributed by atoms with Crippen molar-refractivity contribution in [3.8, 4) is 5.75 Å². The van der Waals surface area contributed by atoms with Crippen LogP contribution in [0.4, 0.5) is 0 Å². The van der Waals surface area contributed by atoms with E-state index in [1.807, 2.05) is 0 Å². The van der Waals surface area contributed by atoms with Crippen LogP contribution >= 0.6 is 0 Å². The molecule has 22 N–H and O–H groups in total. The van der Waals surface area contributed by atoms with E-state index in [4.69, 9.17) is 39.9 Å². The minimum atomic E-state index is -1.95. The quantitative estimate of drug-likeness (QED) is 0.0547. The van der Waals surface area contributed by atoms with E-state index in [0.29, 0.717) is 11.1 Å². The topological polar surface area (TPSA) is 562 Å². The zero-order valence-corrected chi connectivity index (χ0v) is 52.1. The maximum Gasteiger partial charge on any atom is 0.306 e. The lowest BCUT2D eigenvalue weighted by Crippen LogP contribution is -2.66. The average Bonchev–Trinajstić information content (AvgIpc) is 1.76. The molecule has 4 fully saturated rings. The van der Waals surface area contributed by atoms with E-state index in [1.165, 1.54) is 24.3 Å². The Hall–Kier alpha value is -7.53. The van der Waals surface area contributed by atoms with E-state index < -0.39 is 221 Å². The fourth-order valence-electron chi connectivity index (χ4n) is 11.8. The highest BCUT2D eigenvalue weighted by atomic mass is 16.7. The molecule has 23 atom stereocenters. The maximum absolute atomic E-state index is 15.1. The zero-order chi connectivity index (χ0) is 69.1. The van der Waals surface area contributed by atoms with Gasteiger partial charge in [-0.1, -0.05) is 63.2 Å². The highest BCUT2D eigenvalue weighted by molar-refractivity contribution is 5.98. The Bertz CT molecular complexity index is 3030. The monoisotopic (exact) mass is 1350 g/mol. The van der Waals surface area contributed by atoms with Gasteiger partial charge in [-0.25, -0.2) is 0 Å². The van der Waals surface area contributed by atoms with Crippen LogP contribution in [0.1, 0.15) is 57.1 Å². The first-order chi connectivity index (χ1) is 45.2. The minimum absolute atomic E-state index is 0.00410. The fourth-order valence-corrected chi connectivity index (χ4v) is 11.8. The van der Waals surface area contributed by atoms with Crippen molar-refractivity contribution in [1.29, 1.82) is 0 Å². The van der Waals surface area contributed by atoms with Crippen LogP contribution < -0.4 is 53.4 Å². The van der Waals surface area contributed by atoms with Crippen LogP contribution in [0.2, 0.25) is 0 Å². The van der Waals surface area contributed by atoms with Gasteiger partial charge in [0.15, 0.2) is 30.5 Å². The Labute approximate surface area is 543 Å². The molecule has 0 bridgehead atoms. The van der Waals surface area contributed by atoms with Crippen molar-refractivity contribution in [1.82, 2.24) is 42.1 Å². The second-order valence-electron chi connectivity index (χ2n) is 24.4. The second kappa shape index (κ2) is 32.9. The molecular formula is C59H86N12O24. The van der Waals surface area contributed by atoms with Crippen LogP contribution in [-0.4, -0.2) is 295 Å². The lowest BCUT2D eigenvalue weighted by Gasteiger charge is -2.46. The standard InChI is InChI=1S/C59H86N12O24/c1-24(2)13-39(77)94-49-42(79)36(22-74)92-57(47(49)84)95-48-37(23-75)93-56(46(83)44(48)81)90-30-11-9-26(10-12-30)14-31-51(86)66-32(15-28-17-63-58(60)65-28)52(87)67-33(16-29-18-64-59(61)71(29)55-45(82)43(80)41(78)35(21-73)91-55)53(88)69-34(20-72)50(85)62-19-38(76)70-40(54(89)68-31)25(3)27-7-5-4-6-8-27/h4-12,24-25,28-29,31-37,40-49,55-57,72-75,78-84H,13-23H2,1-3H3,(H2,61,64)(H,62,85)(H,66,86)(H,67,87)(H,68,89)(H,69,88)(H,70,76)(H3,60,63,65)/t25?,28?,29?,31-,32+,33-,34+,35-,36-,37-,40+,41-,42-,43+,44-,45+,46+,47+,48-,49+,55+,56+,57-/m1/s1. The Morgan fingerprint density at radius 3 is 1.83 bits per heavy atom. The van der Waals surface area contributed by atoms with Crippen LogP contribution in [0.15, 0.2) is 64.6 Å². The molecule has 526 valence electrons. The van der Waals surface area contributed by atoms with Gasteiger partial charge in [0.1, 0.15) is 103 Å². The molecule has 6 aliphatic rings. The number of rotatable bonds is 20. The van der Waals surface area contributed by atoms with Crippen molar-refractivity contribution in [2.75, 3.05) is 46.1 Å². The summed E-state index contributed by atoms with van der Waals surface area (Å²) in [6, 6.07) is 3.93. The van der Waals surface area contributed by atoms with E-state index >= 15 is 4.79 Å². The van der Waals surface area contributed by atoms with E-state index in [0.717, 1.165) is 4.90 Å². The molecule has 8 rings (SSSR count). The third kappa shape index (κ3) is 17.9. The highest BCUT2D eigenvalue weighted by Gasteiger charge is 2.54. The number of benzene rings is 2. The van der Waals surface area contributed by atoms with E-state index in [9.17, 15) is 84.9 Å². The van der Waals surface area contributed by atoms with E-state index in [2.05, 4.69) is 47.2 Å². The number of esters is 1. The first-order valence-corrected chi connectivity index (χ1v) is 31.0. The number of aliphatic hydroxyl groups excluding tert-OH is 11. The van der Waals surface area contributed by atoms with Crippen LogP contribution in [0.25, 0.3) is 0 Å². The first-order valence-electron chi connectivity index (χ1n) is 31.0. The van der Waals surface area contributed by atoms with Crippen molar-refractivity contribution in [2.45, 2.75) is 187 Å². The molecule has 36 heteroatoms. The Morgan fingerprint density at radius 1 is 0.600 bits per heavy atom. The lowest BCUT2D eigenvalue weighted by molar-refractivity contribution is -0.353. The van der Waals surface area contributed by atoms with Gasteiger partial charge in [-0.2, -0.15) is 0 Å². The summed E-state index contributed by atoms with van der Waals surface area (Å²) in [6.45, 7) is 0.454. The molecule has 6 aliphatic heterocycles. The van der Waals surface area contributed by atoms with Gasteiger partial charge in [-0.05, 0) is 42.0 Å². The number of nitrogens with two attached hydrogens (primary N) is 2. The predicted molar refractivity (Wildman–Crippen MR) is 324 cm³/mol. The van der Waals surface area contributed by atoms with Crippen LogP contribution in [0.3, 0.4) is 0 Å². The highest BCUT2D eigenvalue weighted by Crippen LogP contribution is 2.33. The molecular weight excluding hydrogens is 1260 g/mol. The van der Waals surface area contributed by atoms with Crippen molar-refractivity contribution >= 4 is 53.3 Å². The fraction of sp³-hybridized carbons (Fsp3) is 0.644. The molecule has 0 radical (unpaired) electrons. The van der Waals surface area contributed by atoms with Gasteiger partial charge in [0, 0.05) is 18.8 Å². The number of aliphatic imine (C=N–C) groups is 2. The number of nitrogens with zero attached hydrogens (tertiary/aromatic N) is 3. The molecule has 6 heterocycles. The molecule has 3 unspecified atom stereocenters. The van der Waals surface area contributed by atoms with Crippen molar-refractivity contribution < 1.29 is 118 Å². The SMILES string of the molecule is CC(C)CC(=O)O[C@@H]1[C@H](O)[C@@H](O[C@H]2[C@H](O)[C@H](O)[C@@H](Oc3ccc(C[C@H]4NC(=O)[C@H](C(C)c5ccccc5)NC(=O)CNC(=O)[C@H](CO)NC(=O)[C@@H](CC5CN=C(N)N5[C@H]5O[C@H](CO)[C@@H](O)[C@H](O)[C@@H]5O)NC(=O)[C@H](CC5CN=C(N)N5)NC4=O)cc3)O[C@@H]2CO)O[C@H](CO)[C@H]1O. The minimum Gasteiger partial charge on any atom is -0.462 e. The average molecular weight is 1350 g/mol. The normalized spacial score (nSPS) is 35.8. The van der Waals surface area contributed by atoms with Crippen molar-refractivity contribution in [3.63, 3.8) is 0 Å². The number of nitrogens with one attached hydrogen (secondary N) is 7. The summed E-state index contributed by atoms with van der Waals surface area (Å²) in [5.41, 5.74) is 13.1. The molecule has 2 aromatic rings. The van der Waals surface area contributed by atoms with E-state index in [-0.39, 0.29) is 55.9 Å². The van der Waals surface area contributed by atoms with Gasteiger partial charge >= 0.3 is 5.97 Å². The molecule has 0 aromatic heterocycles. The third-order valence-electron chi connectivity index (χ3n) is 17.1. The number of amides is 6. The summed E-state index contributed by atoms with van der Waals surface area (Å²) >= 11 is 0. The lowest BCUT2D eigenvalue weighted by atomic mass is 9.92. The smallest absolute Gasteiger partial charge is 0.306 e. The summed E-state index contributed by atoms with van der Waals surface area (Å²) in [4.78, 5) is 109. The number of guanidine groups is 2. The summed E-state index contributed by atoms with van der Waals surface area (Å²) in [5.74, 6) is -8.19. The van der Waals surface area contributed by atoms with Gasteiger partial charge in [-0.15, -0.1) is 0 Å². The van der Waals surface area contributed by atoms with Crippen LogP contribution in [0, 0.1) is 5.92 Å². The number of hydrogen-bond acceptors (Lipinski definition) is 30. The molecule has 4 saturated heterocycles. The number of carbonyl (C=O) groups is 7. The Balaban J connectivity index is 1.06. The van der Waals surface area contributed by atoms with Gasteiger partial charge in [-0.3, -0.25) is 43.5 Å². The largest absolute Gasteiger partial charge is 0.462 e. The van der Waals surface area contributed by atoms with Crippen LogP contribution in [0.5, 0.6) is 5.75 Å². The van der Waals surface area contributed by atoms with Gasteiger partial charge < -0.3 is 138 Å². The predicted octanol–water partition coefficient (Wildman–Crippen LogP) is -9.96. The van der Waals surface area contributed by atoms with Gasteiger partial charge in [0.25, 0.3) is 0 Å². The summed E-state index contributed by atoms with van der Waals surface area (Å²) in [5, 5.41) is 136. The molecule has 0 saturated carbocycles. The molecule has 36 nitrogen and oxygen atoms in total. The molecule has 2 aromatic carbocycles. The Kier molecular flexibility index (Phi) is 25.4. The van der Waals surface area contributed by atoms with E-state index in [1.54, 1.807) is 51.1 Å². The molecule has 95 heavy (non-hydrogen) atoms. The number of ether oxygens (including phenoxy) is 6. The number of carbonyl (C=O) groups excluding carboxylic acids is 7. The van der Waals surface area contributed by atoms with Gasteiger partial charge in [0.05, 0.1) is 58.1 Å².